The third-order valence-corrected chi connectivity index (χ3v) is 4.44. The summed E-state index contributed by atoms with van der Waals surface area (Å²) in [6.07, 6.45) is 1.13. The van der Waals surface area contributed by atoms with Gasteiger partial charge in [0.1, 0.15) is 22.3 Å². The second-order valence-electron chi connectivity index (χ2n) is 5.14. The van der Waals surface area contributed by atoms with Crippen molar-refractivity contribution in [2.24, 2.45) is 0 Å². The molecule has 2 rings (SSSR count). The van der Waals surface area contributed by atoms with Crippen LogP contribution in [0.4, 0.5) is 14.3 Å². The van der Waals surface area contributed by atoms with Crippen LogP contribution in [0.3, 0.4) is 0 Å². The van der Waals surface area contributed by atoms with E-state index in [9.17, 15) is 17.6 Å². The number of nitrogens with zero attached hydrogens (tertiary/aromatic N) is 2. The SMILES string of the molecule is CS(=O)(=O)CCOCc1nsc(NC(=O)NCc2cccc(F)c2)n1. The first-order valence-electron chi connectivity index (χ1n) is 7.19. The van der Waals surface area contributed by atoms with Crippen molar-refractivity contribution < 1.29 is 22.3 Å². The van der Waals surface area contributed by atoms with Gasteiger partial charge in [0.25, 0.3) is 0 Å². The monoisotopic (exact) mass is 388 g/mol. The van der Waals surface area contributed by atoms with Gasteiger partial charge in [-0.25, -0.2) is 22.6 Å². The van der Waals surface area contributed by atoms with Gasteiger partial charge in [0.2, 0.25) is 5.13 Å². The Kier molecular flexibility index (Phi) is 6.79. The number of rotatable bonds is 8. The van der Waals surface area contributed by atoms with Crippen LogP contribution in [0, 0.1) is 5.82 Å². The Morgan fingerprint density at radius 2 is 2.20 bits per heavy atom. The number of hydrogen-bond acceptors (Lipinski definition) is 7. The molecular weight excluding hydrogens is 371 g/mol. The second kappa shape index (κ2) is 8.83. The topological polar surface area (TPSA) is 110 Å². The zero-order valence-electron chi connectivity index (χ0n) is 13.4. The summed E-state index contributed by atoms with van der Waals surface area (Å²) >= 11 is 0.974. The summed E-state index contributed by atoms with van der Waals surface area (Å²) in [6, 6.07) is 5.41. The van der Waals surface area contributed by atoms with E-state index in [0.29, 0.717) is 11.4 Å². The minimum atomic E-state index is -3.07. The number of urea groups is 1. The van der Waals surface area contributed by atoms with Crippen LogP contribution in [0.15, 0.2) is 24.3 Å². The number of anilines is 1. The number of sulfone groups is 1. The van der Waals surface area contributed by atoms with Crippen molar-refractivity contribution in [2.75, 3.05) is 23.9 Å². The number of carbonyl (C=O) groups excluding carboxylic acids is 1. The molecule has 136 valence electrons. The summed E-state index contributed by atoms with van der Waals surface area (Å²) in [7, 11) is -3.07. The summed E-state index contributed by atoms with van der Waals surface area (Å²) in [6.45, 7) is 0.275. The fourth-order valence-corrected chi connectivity index (χ4v) is 2.70. The van der Waals surface area contributed by atoms with Gasteiger partial charge in [-0.2, -0.15) is 4.37 Å². The zero-order chi connectivity index (χ0) is 18.3. The normalized spacial score (nSPS) is 11.3. The van der Waals surface area contributed by atoms with Crippen molar-refractivity contribution in [3.8, 4) is 0 Å². The molecule has 8 nitrogen and oxygen atoms in total. The van der Waals surface area contributed by atoms with E-state index in [1.807, 2.05) is 0 Å². The van der Waals surface area contributed by atoms with E-state index in [2.05, 4.69) is 20.0 Å². The first-order valence-corrected chi connectivity index (χ1v) is 10.0. The number of benzene rings is 1. The maximum absolute atomic E-state index is 13.0. The van der Waals surface area contributed by atoms with E-state index in [1.54, 1.807) is 12.1 Å². The predicted molar refractivity (Wildman–Crippen MR) is 91.5 cm³/mol. The Bertz CT molecular complexity index is 826. The van der Waals surface area contributed by atoms with E-state index in [-0.39, 0.29) is 36.5 Å². The lowest BCUT2D eigenvalue weighted by Crippen LogP contribution is -2.28. The molecule has 11 heteroatoms. The van der Waals surface area contributed by atoms with Crippen LogP contribution >= 0.6 is 11.5 Å². The standard InChI is InChI=1S/C14H17FN4O4S2/c1-25(21,22)6-5-23-9-12-17-14(24-19-12)18-13(20)16-8-10-3-2-4-11(15)7-10/h2-4,7H,5-6,8-9H2,1H3,(H2,16,17,18,19,20). The largest absolute Gasteiger partial charge is 0.372 e. The average molecular weight is 388 g/mol. The summed E-state index contributed by atoms with van der Waals surface area (Å²) in [5.41, 5.74) is 0.632. The number of aromatic nitrogens is 2. The van der Waals surface area contributed by atoms with Crippen LogP contribution in [-0.2, 0) is 27.7 Å². The van der Waals surface area contributed by atoms with Crippen molar-refractivity contribution in [2.45, 2.75) is 13.2 Å². The molecule has 0 spiro atoms. The molecular formula is C14H17FN4O4S2. The Hall–Kier alpha value is -2.11. The molecule has 0 atom stereocenters. The van der Waals surface area contributed by atoms with Gasteiger partial charge < -0.3 is 10.1 Å². The number of nitrogens with one attached hydrogen (secondary N) is 2. The molecule has 0 unspecified atom stereocenters. The van der Waals surface area contributed by atoms with E-state index in [1.165, 1.54) is 12.1 Å². The van der Waals surface area contributed by atoms with E-state index >= 15 is 0 Å². The molecule has 0 fully saturated rings. The second-order valence-corrected chi connectivity index (χ2v) is 8.15. The Morgan fingerprint density at radius 3 is 2.92 bits per heavy atom. The first kappa shape index (κ1) is 19.2. The fraction of sp³-hybridized carbons (Fsp3) is 0.357. The van der Waals surface area contributed by atoms with E-state index in [4.69, 9.17) is 4.74 Å². The van der Waals surface area contributed by atoms with Crippen LogP contribution in [-0.4, -0.2) is 42.4 Å². The van der Waals surface area contributed by atoms with Crippen LogP contribution in [0.2, 0.25) is 0 Å². The third kappa shape index (κ3) is 7.54. The highest BCUT2D eigenvalue weighted by atomic mass is 32.2. The predicted octanol–water partition coefficient (Wildman–Crippen LogP) is 1.56. The molecule has 25 heavy (non-hydrogen) atoms. The highest BCUT2D eigenvalue weighted by Crippen LogP contribution is 2.11. The number of amides is 2. The van der Waals surface area contributed by atoms with E-state index in [0.717, 1.165) is 17.8 Å². The zero-order valence-corrected chi connectivity index (χ0v) is 15.0. The lowest BCUT2D eigenvalue weighted by Gasteiger charge is -2.05. The number of halogens is 1. The molecule has 1 aromatic heterocycles. The molecule has 2 aromatic rings. The molecule has 0 bridgehead atoms. The Balaban J connectivity index is 1.73. The van der Waals surface area contributed by atoms with Gasteiger partial charge in [-0.05, 0) is 17.7 Å². The van der Waals surface area contributed by atoms with Crippen LogP contribution in [0.5, 0.6) is 0 Å². The van der Waals surface area contributed by atoms with Crippen molar-refractivity contribution in [3.05, 3.63) is 41.5 Å². The molecule has 0 aliphatic carbocycles. The number of ether oxygens (including phenoxy) is 1. The molecule has 2 amide bonds. The molecule has 0 saturated carbocycles. The smallest absolute Gasteiger partial charge is 0.321 e. The molecule has 1 aromatic carbocycles. The highest BCUT2D eigenvalue weighted by molar-refractivity contribution is 7.90. The molecule has 2 N–H and O–H groups in total. The van der Waals surface area contributed by atoms with Gasteiger partial charge in [-0.3, -0.25) is 5.32 Å². The summed E-state index contributed by atoms with van der Waals surface area (Å²) in [4.78, 5) is 15.8. The maximum Gasteiger partial charge on any atom is 0.321 e. The van der Waals surface area contributed by atoms with E-state index < -0.39 is 15.9 Å². The first-order chi connectivity index (χ1) is 11.8. The average Bonchev–Trinajstić information content (AvgIpc) is 2.96. The van der Waals surface area contributed by atoms with Gasteiger partial charge in [0.15, 0.2) is 5.82 Å². The number of carbonyl (C=O) groups is 1. The maximum atomic E-state index is 13.0. The highest BCUT2D eigenvalue weighted by Gasteiger charge is 2.09. The van der Waals surface area contributed by atoms with Crippen LogP contribution in [0.1, 0.15) is 11.4 Å². The fourth-order valence-electron chi connectivity index (χ4n) is 1.71. The lowest BCUT2D eigenvalue weighted by atomic mass is 10.2. The summed E-state index contributed by atoms with van der Waals surface area (Å²) < 4.78 is 44.1. The Labute approximate surface area is 148 Å². The van der Waals surface area contributed by atoms with Gasteiger partial charge in [0.05, 0.1) is 12.4 Å². The van der Waals surface area contributed by atoms with Crippen LogP contribution < -0.4 is 10.6 Å². The summed E-state index contributed by atoms with van der Waals surface area (Å²) in [5.74, 6) is -0.103. The van der Waals surface area contributed by atoms with Crippen molar-refractivity contribution in [3.63, 3.8) is 0 Å². The van der Waals surface area contributed by atoms with Gasteiger partial charge >= 0.3 is 6.03 Å². The molecule has 0 aliphatic rings. The van der Waals surface area contributed by atoms with Crippen molar-refractivity contribution in [1.29, 1.82) is 0 Å². The minimum Gasteiger partial charge on any atom is -0.372 e. The summed E-state index contributed by atoms with van der Waals surface area (Å²) in [5, 5.41) is 5.36. The molecule has 0 radical (unpaired) electrons. The molecule has 0 saturated heterocycles. The van der Waals surface area contributed by atoms with Crippen molar-refractivity contribution >= 4 is 32.5 Å². The number of hydrogen-bond donors (Lipinski definition) is 2. The quantitative estimate of drug-likeness (QED) is 0.664. The van der Waals surface area contributed by atoms with Crippen LogP contribution in [0.25, 0.3) is 0 Å². The molecule has 0 aliphatic heterocycles. The Morgan fingerprint density at radius 1 is 1.40 bits per heavy atom. The lowest BCUT2D eigenvalue weighted by molar-refractivity contribution is 0.130. The minimum absolute atomic E-state index is 0.0505. The third-order valence-electron chi connectivity index (χ3n) is 2.86. The van der Waals surface area contributed by atoms with Crippen molar-refractivity contribution in [1.82, 2.24) is 14.7 Å². The molecule has 1 heterocycles. The van der Waals surface area contributed by atoms with Gasteiger partial charge in [-0.1, -0.05) is 12.1 Å². The van der Waals surface area contributed by atoms with Gasteiger partial charge in [0, 0.05) is 24.3 Å². The van der Waals surface area contributed by atoms with Gasteiger partial charge in [-0.15, -0.1) is 0 Å².